The van der Waals surface area contributed by atoms with Crippen molar-refractivity contribution in [1.29, 1.82) is 0 Å². The molecule has 0 fully saturated rings. The van der Waals surface area contributed by atoms with Crippen LogP contribution in [0.4, 0.5) is 0 Å². The van der Waals surface area contributed by atoms with Crippen molar-refractivity contribution in [3.63, 3.8) is 0 Å². The third-order valence-electron chi connectivity index (χ3n) is 2.41. The molecule has 2 rings (SSSR count). The van der Waals surface area contributed by atoms with Gasteiger partial charge in [0, 0.05) is 5.56 Å². The van der Waals surface area contributed by atoms with Crippen molar-refractivity contribution in [2.24, 2.45) is 0 Å². The highest BCUT2D eigenvalue weighted by Crippen LogP contribution is 2.26. The molecule has 18 heavy (non-hydrogen) atoms. The van der Waals surface area contributed by atoms with Gasteiger partial charge in [-0.2, -0.15) is 0 Å². The molecule has 0 unspecified atom stereocenters. The predicted molar refractivity (Wildman–Crippen MR) is 78.5 cm³/mol. The molecule has 0 bridgehead atoms. The minimum absolute atomic E-state index is 0.617. The Hall–Kier alpha value is -1.07. The standard InChI is InChI=1S/C13H18N2OSSi/c1-10-7-5-6-8-11(10)12-14-15-13(16-12)17-9-18(2,3)4/h5-8H,9H2,1-4H3. The van der Waals surface area contributed by atoms with Crippen LogP contribution < -0.4 is 0 Å². The number of aryl methyl sites for hydroxylation is 1. The quantitative estimate of drug-likeness (QED) is 0.625. The summed E-state index contributed by atoms with van der Waals surface area (Å²) in [5, 5.41) is 10.0. The van der Waals surface area contributed by atoms with Crippen molar-refractivity contribution in [3.8, 4) is 11.5 Å². The Morgan fingerprint density at radius 3 is 2.56 bits per heavy atom. The van der Waals surface area contributed by atoms with E-state index in [-0.39, 0.29) is 0 Å². The van der Waals surface area contributed by atoms with Gasteiger partial charge in [-0.15, -0.1) is 10.2 Å². The first-order valence-corrected chi connectivity index (χ1v) is 10.7. The van der Waals surface area contributed by atoms with Gasteiger partial charge < -0.3 is 4.42 Å². The van der Waals surface area contributed by atoms with Crippen LogP contribution in [0.5, 0.6) is 0 Å². The summed E-state index contributed by atoms with van der Waals surface area (Å²) in [6.07, 6.45) is 0. The molecule has 0 spiro atoms. The summed E-state index contributed by atoms with van der Waals surface area (Å²) in [5.74, 6) is 0.617. The first-order chi connectivity index (χ1) is 8.46. The molecule has 0 saturated carbocycles. The van der Waals surface area contributed by atoms with Gasteiger partial charge in [0.25, 0.3) is 5.22 Å². The summed E-state index contributed by atoms with van der Waals surface area (Å²) in [4.78, 5) is 0. The highest BCUT2D eigenvalue weighted by atomic mass is 32.2. The molecule has 1 heterocycles. The van der Waals surface area contributed by atoms with Gasteiger partial charge in [-0.1, -0.05) is 49.6 Å². The first kappa shape index (κ1) is 13.4. The van der Waals surface area contributed by atoms with Gasteiger partial charge in [-0.25, -0.2) is 0 Å². The molecular formula is C13H18N2OSSi. The SMILES string of the molecule is Cc1ccccc1-c1nnc(SC[Si](C)(C)C)o1. The van der Waals surface area contributed by atoms with Crippen molar-refractivity contribution >= 4 is 19.8 Å². The largest absolute Gasteiger partial charge is 0.411 e. The summed E-state index contributed by atoms with van der Waals surface area (Å²) >= 11 is 1.67. The Balaban J connectivity index is 2.14. The van der Waals surface area contributed by atoms with E-state index >= 15 is 0 Å². The number of hydrogen-bond donors (Lipinski definition) is 0. The lowest BCUT2D eigenvalue weighted by Gasteiger charge is -2.12. The van der Waals surface area contributed by atoms with Gasteiger partial charge in [0.05, 0.1) is 8.07 Å². The number of benzene rings is 1. The van der Waals surface area contributed by atoms with E-state index in [9.17, 15) is 0 Å². The molecule has 0 radical (unpaired) electrons. The fraction of sp³-hybridized carbons (Fsp3) is 0.385. The molecule has 2 aromatic rings. The summed E-state index contributed by atoms with van der Waals surface area (Å²) in [7, 11) is -1.09. The van der Waals surface area contributed by atoms with Crippen LogP contribution in [0.1, 0.15) is 5.56 Å². The second-order valence-corrected chi connectivity index (χ2v) is 12.5. The van der Waals surface area contributed by atoms with E-state index in [4.69, 9.17) is 4.42 Å². The van der Waals surface area contributed by atoms with Gasteiger partial charge in [0.15, 0.2) is 0 Å². The lowest BCUT2D eigenvalue weighted by Crippen LogP contribution is -2.23. The minimum Gasteiger partial charge on any atom is -0.411 e. The van der Waals surface area contributed by atoms with E-state index in [1.165, 1.54) is 0 Å². The normalized spacial score (nSPS) is 11.8. The molecule has 0 saturated heterocycles. The Bertz CT molecular complexity index is 534. The van der Waals surface area contributed by atoms with Crippen LogP contribution in [0.3, 0.4) is 0 Å². The van der Waals surface area contributed by atoms with E-state index in [1.54, 1.807) is 11.8 Å². The maximum atomic E-state index is 5.71. The number of nitrogens with zero attached hydrogens (tertiary/aromatic N) is 2. The number of thioether (sulfide) groups is 1. The molecular weight excluding hydrogens is 260 g/mol. The van der Waals surface area contributed by atoms with Crippen LogP contribution in [0.2, 0.25) is 19.6 Å². The van der Waals surface area contributed by atoms with Gasteiger partial charge in [-0.05, 0) is 23.9 Å². The second kappa shape index (κ2) is 5.28. The average Bonchev–Trinajstić information content (AvgIpc) is 2.75. The summed E-state index contributed by atoms with van der Waals surface area (Å²) in [5.41, 5.74) is 2.17. The van der Waals surface area contributed by atoms with Crippen LogP contribution in [-0.2, 0) is 0 Å². The molecule has 96 valence electrons. The Morgan fingerprint density at radius 2 is 1.89 bits per heavy atom. The van der Waals surface area contributed by atoms with E-state index in [1.807, 2.05) is 18.2 Å². The van der Waals surface area contributed by atoms with Gasteiger partial charge in [-0.3, -0.25) is 0 Å². The van der Waals surface area contributed by atoms with Gasteiger partial charge in [0.2, 0.25) is 5.89 Å². The minimum atomic E-state index is -1.09. The van der Waals surface area contributed by atoms with E-state index < -0.39 is 8.07 Å². The zero-order valence-corrected chi connectivity index (χ0v) is 13.0. The second-order valence-electron chi connectivity index (χ2n) is 5.54. The lowest BCUT2D eigenvalue weighted by atomic mass is 10.1. The van der Waals surface area contributed by atoms with Crippen molar-refractivity contribution in [2.45, 2.75) is 31.8 Å². The van der Waals surface area contributed by atoms with Gasteiger partial charge in [0.1, 0.15) is 0 Å². The van der Waals surface area contributed by atoms with Crippen molar-refractivity contribution in [1.82, 2.24) is 10.2 Å². The first-order valence-electron chi connectivity index (χ1n) is 5.98. The maximum Gasteiger partial charge on any atom is 0.276 e. The Kier molecular flexibility index (Phi) is 3.92. The maximum absolute atomic E-state index is 5.71. The predicted octanol–water partition coefficient (Wildman–Crippen LogP) is 4.01. The van der Waals surface area contributed by atoms with E-state index in [2.05, 4.69) is 42.8 Å². The number of aromatic nitrogens is 2. The van der Waals surface area contributed by atoms with E-state index in [0.717, 1.165) is 16.5 Å². The molecule has 1 aromatic heterocycles. The van der Waals surface area contributed by atoms with Crippen molar-refractivity contribution in [3.05, 3.63) is 29.8 Å². The molecule has 5 heteroatoms. The molecule has 0 aliphatic heterocycles. The van der Waals surface area contributed by atoms with Crippen molar-refractivity contribution < 1.29 is 4.42 Å². The Morgan fingerprint density at radius 1 is 1.17 bits per heavy atom. The summed E-state index contributed by atoms with van der Waals surface area (Å²) in [6.45, 7) is 9.05. The molecule has 0 amide bonds. The highest BCUT2D eigenvalue weighted by molar-refractivity contribution is 8.00. The average molecular weight is 278 g/mol. The van der Waals surface area contributed by atoms with Crippen LogP contribution >= 0.6 is 11.8 Å². The Labute approximate surface area is 113 Å². The third kappa shape index (κ3) is 3.46. The fourth-order valence-corrected chi connectivity index (χ4v) is 3.93. The van der Waals surface area contributed by atoms with Crippen LogP contribution in [0.25, 0.3) is 11.5 Å². The van der Waals surface area contributed by atoms with Crippen LogP contribution in [0, 0.1) is 6.92 Å². The smallest absolute Gasteiger partial charge is 0.276 e. The summed E-state index contributed by atoms with van der Waals surface area (Å²) in [6, 6.07) is 8.06. The van der Waals surface area contributed by atoms with Crippen LogP contribution in [-0.4, -0.2) is 23.6 Å². The molecule has 0 N–H and O–H groups in total. The lowest BCUT2D eigenvalue weighted by molar-refractivity contribution is 0.466. The molecule has 0 aliphatic rings. The zero-order valence-electron chi connectivity index (χ0n) is 11.2. The van der Waals surface area contributed by atoms with E-state index in [0.29, 0.717) is 11.1 Å². The molecule has 0 atom stereocenters. The van der Waals surface area contributed by atoms with Gasteiger partial charge >= 0.3 is 0 Å². The van der Waals surface area contributed by atoms with Crippen molar-refractivity contribution in [2.75, 3.05) is 5.38 Å². The third-order valence-corrected chi connectivity index (χ3v) is 6.86. The molecule has 0 aliphatic carbocycles. The highest BCUT2D eigenvalue weighted by Gasteiger charge is 2.17. The molecule has 3 nitrogen and oxygen atoms in total. The van der Waals surface area contributed by atoms with Crippen LogP contribution in [0.15, 0.2) is 33.9 Å². The monoisotopic (exact) mass is 278 g/mol. The summed E-state index contributed by atoms with van der Waals surface area (Å²) < 4.78 is 5.71. The zero-order chi connectivity index (χ0) is 13.2. The number of hydrogen-bond acceptors (Lipinski definition) is 4. The fourth-order valence-electron chi connectivity index (χ4n) is 1.47. The topological polar surface area (TPSA) is 38.9 Å². The molecule has 1 aromatic carbocycles. The number of rotatable bonds is 4.